The van der Waals surface area contributed by atoms with Gasteiger partial charge in [0.2, 0.25) is 10.0 Å². The van der Waals surface area contributed by atoms with E-state index in [2.05, 4.69) is 14.8 Å². The van der Waals surface area contributed by atoms with Crippen LogP contribution in [0, 0.1) is 5.82 Å². The zero-order valence-electron chi connectivity index (χ0n) is 30.2. The molecule has 0 aromatic heterocycles. The zero-order chi connectivity index (χ0) is 41.5. The minimum atomic E-state index is -4.85. The van der Waals surface area contributed by atoms with E-state index in [9.17, 15) is 59.0 Å². The van der Waals surface area contributed by atoms with Crippen LogP contribution in [0.15, 0.2) is 77.7 Å². The molecule has 2 aliphatic rings. The molecule has 2 fully saturated rings. The van der Waals surface area contributed by atoms with Gasteiger partial charge in [-0.2, -0.15) is 4.31 Å². The quantitative estimate of drug-likeness (QED) is 0.231. The number of ether oxygens (including phenoxy) is 2. The smallest absolute Gasteiger partial charge is 0.406 e. The van der Waals surface area contributed by atoms with Crippen LogP contribution in [0.3, 0.4) is 0 Å². The lowest BCUT2D eigenvalue weighted by Crippen LogP contribution is -2.56. The molecule has 0 atom stereocenters. The van der Waals surface area contributed by atoms with Crippen molar-refractivity contribution in [2.24, 2.45) is 0 Å². The van der Waals surface area contributed by atoms with Gasteiger partial charge in [-0.15, -0.1) is 26.3 Å². The lowest BCUT2D eigenvalue weighted by molar-refractivity contribution is -0.275. The highest BCUT2D eigenvalue weighted by atomic mass is 32.2. The first-order valence-corrected chi connectivity index (χ1v) is 18.8. The SMILES string of the molecule is CCN(C(=O)C1(O)CCN(S(=O)(=O)c2ccccc2F)CC1)c1ccc(OC(F)(F)F)cc1.CCN(C(=O)C1(O)CCNCC1)c1ccc(OC(F)(F)F)cc1. The molecule has 0 radical (unpaired) electrons. The first kappa shape index (κ1) is 44.2. The standard InChI is InChI=1S/C21H22F4N2O5S.C15H19F3N2O3/c1-2-27(15-7-9-16(10-8-15)32-21(23,24)25)19(28)20(29)11-13-26(14-12-20)33(30,31)18-6-4-3-5-17(18)22;1-2-20(13(21)14(22)7-9-19-10-8-14)11-3-5-12(6-4-11)23-15(16,17)18/h3-10,29H,2,11-14H2,1H3;3-6,19,22H,2,7-10H2,1H3. The van der Waals surface area contributed by atoms with Gasteiger partial charge in [0.1, 0.15) is 33.4 Å². The van der Waals surface area contributed by atoms with Crippen molar-refractivity contribution in [1.29, 1.82) is 0 Å². The van der Waals surface area contributed by atoms with Gasteiger partial charge in [-0.05, 0) is 113 Å². The van der Waals surface area contributed by atoms with E-state index < -0.39 is 62.2 Å². The Balaban J connectivity index is 0.000000265. The van der Waals surface area contributed by atoms with Crippen LogP contribution in [-0.2, 0) is 19.6 Å². The van der Waals surface area contributed by atoms with Gasteiger partial charge in [-0.1, -0.05) is 12.1 Å². The second-order valence-electron chi connectivity index (χ2n) is 12.8. The van der Waals surface area contributed by atoms with Crippen LogP contribution in [-0.4, -0.2) is 97.9 Å². The van der Waals surface area contributed by atoms with Crippen molar-refractivity contribution in [2.75, 3.05) is 49.1 Å². The zero-order valence-corrected chi connectivity index (χ0v) is 31.1. The van der Waals surface area contributed by atoms with E-state index in [-0.39, 0.29) is 43.9 Å². The van der Waals surface area contributed by atoms with E-state index in [0.717, 1.165) is 40.7 Å². The first-order chi connectivity index (χ1) is 26.1. The Bertz CT molecular complexity index is 1900. The summed E-state index contributed by atoms with van der Waals surface area (Å²) in [7, 11) is -4.15. The number of amides is 2. The summed E-state index contributed by atoms with van der Waals surface area (Å²) in [6.07, 6.45) is -9.47. The van der Waals surface area contributed by atoms with E-state index in [1.54, 1.807) is 13.8 Å². The molecule has 0 spiro atoms. The Labute approximate surface area is 318 Å². The number of nitrogens with one attached hydrogen (secondary N) is 1. The van der Waals surface area contributed by atoms with Crippen molar-refractivity contribution in [3.8, 4) is 11.5 Å². The average Bonchev–Trinajstić information content (AvgIpc) is 3.13. The molecular weight excluding hydrogens is 781 g/mol. The van der Waals surface area contributed by atoms with Gasteiger partial charge < -0.3 is 34.8 Å². The molecule has 2 amide bonds. The van der Waals surface area contributed by atoms with Crippen molar-refractivity contribution in [1.82, 2.24) is 9.62 Å². The summed E-state index contributed by atoms with van der Waals surface area (Å²) < 4.78 is 122. The van der Waals surface area contributed by atoms with E-state index in [0.29, 0.717) is 38.2 Å². The number of rotatable bonds is 10. The number of hydrogen-bond donors (Lipinski definition) is 3. The normalized spacial score (nSPS) is 17.2. The Morgan fingerprint density at radius 3 is 1.48 bits per heavy atom. The number of alkyl halides is 6. The van der Waals surface area contributed by atoms with Crippen LogP contribution >= 0.6 is 0 Å². The van der Waals surface area contributed by atoms with Gasteiger partial charge in [0.25, 0.3) is 11.8 Å². The number of carbonyl (C=O) groups excluding carboxylic acids is 2. The fourth-order valence-electron chi connectivity index (χ4n) is 6.20. The lowest BCUT2D eigenvalue weighted by Gasteiger charge is -2.39. The predicted octanol–water partition coefficient (Wildman–Crippen LogP) is 5.35. The molecule has 308 valence electrons. The molecule has 3 aromatic carbocycles. The molecule has 0 saturated carbocycles. The minimum absolute atomic E-state index is 0.109. The Hall–Kier alpha value is -4.50. The molecule has 56 heavy (non-hydrogen) atoms. The molecule has 0 aliphatic carbocycles. The molecule has 3 aromatic rings. The second kappa shape index (κ2) is 17.7. The summed E-state index contributed by atoms with van der Waals surface area (Å²) in [6.45, 7) is 4.42. The number of hydrogen-bond acceptors (Lipinski definition) is 9. The van der Waals surface area contributed by atoms with Crippen molar-refractivity contribution in [2.45, 2.75) is 68.4 Å². The molecule has 0 bridgehead atoms. The van der Waals surface area contributed by atoms with E-state index in [1.807, 2.05) is 0 Å². The van der Waals surface area contributed by atoms with Gasteiger partial charge in [0, 0.05) is 37.6 Å². The van der Waals surface area contributed by atoms with E-state index in [1.165, 1.54) is 46.2 Å². The summed E-state index contributed by atoms with van der Waals surface area (Å²) in [6, 6.07) is 14.6. The average molecular weight is 823 g/mol. The van der Waals surface area contributed by atoms with E-state index in [4.69, 9.17) is 0 Å². The van der Waals surface area contributed by atoms with Crippen LogP contribution in [0.5, 0.6) is 11.5 Å². The van der Waals surface area contributed by atoms with Gasteiger partial charge in [0.15, 0.2) is 0 Å². The van der Waals surface area contributed by atoms with Crippen molar-refractivity contribution < 1.29 is 68.4 Å². The fourth-order valence-corrected chi connectivity index (χ4v) is 7.71. The van der Waals surface area contributed by atoms with E-state index >= 15 is 0 Å². The summed E-state index contributed by atoms with van der Waals surface area (Å²) in [4.78, 5) is 27.8. The molecule has 5 rings (SSSR count). The predicted molar refractivity (Wildman–Crippen MR) is 189 cm³/mol. The first-order valence-electron chi connectivity index (χ1n) is 17.4. The lowest BCUT2D eigenvalue weighted by atomic mass is 9.90. The maximum absolute atomic E-state index is 14.0. The van der Waals surface area contributed by atoms with Gasteiger partial charge >= 0.3 is 12.7 Å². The van der Waals surface area contributed by atoms with Crippen molar-refractivity contribution >= 4 is 33.2 Å². The molecule has 0 unspecified atom stereocenters. The Morgan fingerprint density at radius 2 is 1.11 bits per heavy atom. The van der Waals surface area contributed by atoms with Gasteiger partial charge in [0.05, 0.1) is 0 Å². The molecule has 20 heteroatoms. The number of benzene rings is 3. The maximum atomic E-state index is 14.0. The number of piperidine rings is 2. The summed E-state index contributed by atoms with van der Waals surface area (Å²) in [5, 5.41) is 24.5. The van der Waals surface area contributed by atoms with Crippen LogP contribution in [0.25, 0.3) is 0 Å². The number of aliphatic hydroxyl groups is 2. The fraction of sp³-hybridized carbons (Fsp3) is 0.444. The molecule has 2 heterocycles. The van der Waals surface area contributed by atoms with Crippen molar-refractivity contribution in [3.63, 3.8) is 0 Å². The molecule has 3 N–H and O–H groups in total. The third-order valence-corrected chi connectivity index (χ3v) is 11.0. The Kier molecular flexibility index (Phi) is 14.0. The molecule has 2 saturated heterocycles. The Morgan fingerprint density at radius 1 is 0.714 bits per heavy atom. The number of nitrogens with zero attached hydrogens (tertiary/aromatic N) is 3. The topological polar surface area (TPSA) is 149 Å². The molecule has 2 aliphatic heterocycles. The number of likely N-dealkylation sites (N-methyl/N-ethyl adjacent to an activating group) is 2. The number of sulfonamides is 1. The summed E-state index contributed by atoms with van der Waals surface area (Å²) in [5.41, 5.74) is -2.67. The monoisotopic (exact) mass is 822 g/mol. The van der Waals surface area contributed by atoms with Gasteiger partial charge in [-0.3, -0.25) is 9.59 Å². The summed E-state index contributed by atoms with van der Waals surface area (Å²) >= 11 is 0. The minimum Gasteiger partial charge on any atom is -0.406 e. The maximum Gasteiger partial charge on any atom is 0.573 e. The largest absolute Gasteiger partial charge is 0.573 e. The van der Waals surface area contributed by atoms with Crippen LogP contribution < -0.4 is 24.6 Å². The number of anilines is 2. The van der Waals surface area contributed by atoms with Gasteiger partial charge in [-0.25, -0.2) is 12.8 Å². The third-order valence-electron chi connectivity index (χ3n) is 9.12. The highest BCUT2D eigenvalue weighted by Gasteiger charge is 2.45. The van der Waals surface area contributed by atoms with Crippen molar-refractivity contribution in [3.05, 3.63) is 78.6 Å². The highest BCUT2D eigenvalue weighted by molar-refractivity contribution is 7.89. The number of halogens is 7. The summed E-state index contributed by atoms with van der Waals surface area (Å²) in [5.74, 6) is -2.86. The van der Waals surface area contributed by atoms with Crippen LogP contribution in [0.4, 0.5) is 42.1 Å². The second-order valence-corrected chi connectivity index (χ2v) is 14.7. The number of carbonyl (C=O) groups is 2. The third kappa shape index (κ3) is 11.1. The molecule has 12 nitrogen and oxygen atoms in total. The van der Waals surface area contributed by atoms with Crippen LogP contribution in [0.1, 0.15) is 39.5 Å². The highest BCUT2D eigenvalue weighted by Crippen LogP contribution is 2.33. The van der Waals surface area contributed by atoms with Crippen LogP contribution in [0.2, 0.25) is 0 Å². The molecular formula is C36H41F7N4O8S.